The predicted octanol–water partition coefficient (Wildman–Crippen LogP) is 4.84. The number of rotatable bonds is 5. The minimum atomic E-state index is 0.499. The van der Waals surface area contributed by atoms with Crippen molar-refractivity contribution in [3.05, 3.63) is 77.1 Å². The van der Waals surface area contributed by atoms with Crippen molar-refractivity contribution in [1.29, 1.82) is 5.26 Å². The zero-order valence-electron chi connectivity index (χ0n) is 15.6. The van der Waals surface area contributed by atoms with Gasteiger partial charge in [0.2, 0.25) is 0 Å². The van der Waals surface area contributed by atoms with Gasteiger partial charge in [-0.15, -0.1) is 10.2 Å². The van der Waals surface area contributed by atoms with Crippen LogP contribution in [-0.2, 0) is 6.54 Å². The van der Waals surface area contributed by atoms with Crippen LogP contribution in [0.3, 0.4) is 0 Å². The summed E-state index contributed by atoms with van der Waals surface area (Å²) in [5.74, 6) is 1.22. The Hall–Kier alpha value is -3.69. The van der Waals surface area contributed by atoms with Crippen LogP contribution in [0, 0.1) is 11.3 Å². The third-order valence-electron chi connectivity index (χ3n) is 4.54. The molecule has 4 rings (SSSR count). The summed E-state index contributed by atoms with van der Waals surface area (Å²) in [5.41, 5.74) is 3.18. The summed E-state index contributed by atoms with van der Waals surface area (Å²) in [5, 5.41) is 23.7. The highest BCUT2D eigenvalue weighted by Gasteiger charge is 2.12. The Bertz CT molecular complexity index is 1220. The highest BCUT2D eigenvalue weighted by molar-refractivity contribution is 6.32. The average Bonchev–Trinajstić information content (AvgIpc) is 2.77. The number of aromatic nitrogens is 3. The molecule has 0 saturated carbocycles. The van der Waals surface area contributed by atoms with Crippen LogP contribution >= 0.6 is 11.6 Å². The maximum absolute atomic E-state index is 9.32. The topological polar surface area (TPSA) is 83.7 Å². The van der Waals surface area contributed by atoms with Gasteiger partial charge in [-0.05, 0) is 42.0 Å². The summed E-state index contributed by atoms with van der Waals surface area (Å²) >= 11 is 6.21. The molecule has 1 N–H and O–H groups in total. The summed E-state index contributed by atoms with van der Waals surface area (Å²) in [7, 11) is 1.58. The molecule has 0 fully saturated rings. The van der Waals surface area contributed by atoms with Gasteiger partial charge in [-0.2, -0.15) is 5.26 Å². The zero-order chi connectivity index (χ0) is 20.2. The molecule has 0 saturated heterocycles. The van der Waals surface area contributed by atoms with E-state index in [1.807, 2.05) is 42.5 Å². The molecule has 0 aliphatic carbocycles. The lowest BCUT2D eigenvalue weighted by atomic mass is 10.0. The normalized spacial score (nSPS) is 10.5. The molecule has 0 aliphatic rings. The van der Waals surface area contributed by atoms with E-state index >= 15 is 0 Å². The SMILES string of the molecule is COc1ccc(CNc2nnc(-c3ccncc3)c3ccc(C#N)cc23)cc1Cl. The summed E-state index contributed by atoms with van der Waals surface area (Å²) < 4.78 is 5.19. The number of anilines is 1. The molecule has 0 unspecified atom stereocenters. The lowest BCUT2D eigenvalue weighted by Crippen LogP contribution is -2.04. The van der Waals surface area contributed by atoms with Crippen molar-refractivity contribution in [3.63, 3.8) is 0 Å². The number of nitriles is 1. The predicted molar refractivity (Wildman–Crippen MR) is 113 cm³/mol. The van der Waals surface area contributed by atoms with E-state index < -0.39 is 0 Å². The molecule has 0 atom stereocenters. The lowest BCUT2D eigenvalue weighted by Gasteiger charge is -2.12. The van der Waals surface area contributed by atoms with E-state index in [2.05, 4.69) is 26.6 Å². The fourth-order valence-electron chi connectivity index (χ4n) is 3.08. The van der Waals surface area contributed by atoms with Gasteiger partial charge in [0, 0.05) is 35.3 Å². The molecule has 142 valence electrons. The first kappa shape index (κ1) is 18.7. The van der Waals surface area contributed by atoms with Gasteiger partial charge in [0.05, 0.1) is 23.8 Å². The van der Waals surface area contributed by atoms with Crippen LogP contribution in [0.25, 0.3) is 22.0 Å². The van der Waals surface area contributed by atoms with Gasteiger partial charge in [0.1, 0.15) is 11.4 Å². The third-order valence-corrected chi connectivity index (χ3v) is 4.83. The van der Waals surface area contributed by atoms with Gasteiger partial charge < -0.3 is 10.1 Å². The first-order valence-corrected chi connectivity index (χ1v) is 9.24. The van der Waals surface area contributed by atoms with Crippen LogP contribution in [-0.4, -0.2) is 22.3 Å². The monoisotopic (exact) mass is 401 g/mol. The number of ether oxygens (including phenoxy) is 1. The van der Waals surface area contributed by atoms with Gasteiger partial charge >= 0.3 is 0 Å². The zero-order valence-corrected chi connectivity index (χ0v) is 16.3. The Morgan fingerprint density at radius 2 is 1.86 bits per heavy atom. The van der Waals surface area contributed by atoms with Crippen molar-refractivity contribution in [3.8, 4) is 23.1 Å². The minimum Gasteiger partial charge on any atom is -0.495 e. The fourth-order valence-corrected chi connectivity index (χ4v) is 3.36. The first-order valence-electron chi connectivity index (χ1n) is 8.87. The number of methoxy groups -OCH3 is 1. The van der Waals surface area contributed by atoms with Gasteiger partial charge in [-0.3, -0.25) is 4.98 Å². The number of nitrogens with zero attached hydrogens (tertiary/aromatic N) is 4. The second kappa shape index (κ2) is 8.13. The number of benzene rings is 2. The molecular weight excluding hydrogens is 386 g/mol. The second-order valence-corrected chi connectivity index (χ2v) is 6.73. The summed E-state index contributed by atoms with van der Waals surface area (Å²) in [4.78, 5) is 4.06. The van der Waals surface area contributed by atoms with Crippen LogP contribution in [0.15, 0.2) is 60.9 Å². The molecule has 0 amide bonds. The molecule has 2 aromatic carbocycles. The molecule has 29 heavy (non-hydrogen) atoms. The Morgan fingerprint density at radius 3 is 2.59 bits per heavy atom. The summed E-state index contributed by atoms with van der Waals surface area (Å²) in [6, 6.07) is 17.0. The Balaban J connectivity index is 1.73. The maximum atomic E-state index is 9.32. The van der Waals surface area contributed by atoms with E-state index in [0.29, 0.717) is 28.7 Å². The molecular formula is C22H16ClN5O. The van der Waals surface area contributed by atoms with Gasteiger partial charge in [-0.1, -0.05) is 23.7 Å². The molecule has 0 aliphatic heterocycles. The van der Waals surface area contributed by atoms with E-state index in [-0.39, 0.29) is 0 Å². The quantitative estimate of drug-likeness (QED) is 0.515. The number of fused-ring (bicyclic) bond motifs is 1. The standard InChI is InChI=1S/C22H16ClN5O/c1-29-20-5-3-15(11-19(20)23)13-26-22-18-10-14(12-24)2-4-17(18)21(27-28-22)16-6-8-25-9-7-16/h2-11H,13H2,1H3,(H,26,28). The second-order valence-electron chi connectivity index (χ2n) is 6.33. The highest BCUT2D eigenvalue weighted by Crippen LogP contribution is 2.31. The number of hydrogen-bond donors (Lipinski definition) is 1. The van der Waals surface area contributed by atoms with Crippen molar-refractivity contribution in [2.24, 2.45) is 0 Å². The molecule has 6 nitrogen and oxygen atoms in total. The smallest absolute Gasteiger partial charge is 0.156 e. The maximum Gasteiger partial charge on any atom is 0.156 e. The molecule has 0 spiro atoms. The summed E-state index contributed by atoms with van der Waals surface area (Å²) in [6.07, 6.45) is 3.43. The minimum absolute atomic E-state index is 0.499. The van der Waals surface area contributed by atoms with Crippen LogP contribution in [0.1, 0.15) is 11.1 Å². The van der Waals surface area contributed by atoms with Gasteiger partial charge in [0.15, 0.2) is 5.82 Å². The van der Waals surface area contributed by atoms with Crippen molar-refractivity contribution in [2.45, 2.75) is 6.54 Å². The number of hydrogen-bond acceptors (Lipinski definition) is 6. The number of halogens is 1. The van der Waals surface area contributed by atoms with Crippen LogP contribution in [0.2, 0.25) is 5.02 Å². The van der Waals surface area contributed by atoms with Crippen molar-refractivity contribution >= 4 is 28.2 Å². The number of pyridine rings is 1. The van der Waals surface area contributed by atoms with Crippen LogP contribution < -0.4 is 10.1 Å². The van der Waals surface area contributed by atoms with Crippen LogP contribution in [0.4, 0.5) is 5.82 Å². The van der Waals surface area contributed by atoms with E-state index in [1.165, 1.54) is 0 Å². The lowest BCUT2D eigenvalue weighted by molar-refractivity contribution is 0.415. The van der Waals surface area contributed by atoms with Gasteiger partial charge in [0.25, 0.3) is 0 Å². The van der Waals surface area contributed by atoms with E-state index in [9.17, 15) is 5.26 Å². The van der Waals surface area contributed by atoms with E-state index in [1.54, 1.807) is 25.6 Å². The number of nitrogens with one attached hydrogen (secondary N) is 1. The Kier molecular flexibility index (Phi) is 5.23. The highest BCUT2D eigenvalue weighted by atomic mass is 35.5. The Morgan fingerprint density at radius 1 is 1.03 bits per heavy atom. The first-order chi connectivity index (χ1) is 14.2. The van der Waals surface area contributed by atoms with Crippen LogP contribution in [0.5, 0.6) is 5.75 Å². The third kappa shape index (κ3) is 3.82. The molecule has 0 radical (unpaired) electrons. The molecule has 2 heterocycles. The average molecular weight is 402 g/mol. The Labute approximate surface area is 172 Å². The largest absolute Gasteiger partial charge is 0.495 e. The molecule has 2 aromatic heterocycles. The molecule has 4 aromatic rings. The molecule has 0 bridgehead atoms. The van der Waals surface area contributed by atoms with Crippen molar-refractivity contribution < 1.29 is 4.74 Å². The van der Waals surface area contributed by atoms with Gasteiger partial charge in [-0.25, -0.2) is 0 Å². The molecule has 7 heteroatoms. The van der Waals surface area contributed by atoms with Crippen molar-refractivity contribution in [1.82, 2.24) is 15.2 Å². The fraction of sp³-hybridized carbons (Fsp3) is 0.0909. The van der Waals surface area contributed by atoms with E-state index in [4.69, 9.17) is 16.3 Å². The summed E-state index contributed by atoms with van der Waals surface area (Å²) in [6.45, 7) is 0.499. The van der Waals surface area contributed by atoms with E-state index in [0.717, 1.165) is 27.6 Å². The van der Waals surface area contributed by atoms with Crippen molar-refractivity contribution in [2.75, 3.05) is 12.4 Å².